The molecule has 0 aliphatic rings. The van der Waals surface area contributed by atoms with Crippen molar-refractivity contribution in [3.05, 3.63) is 170 Å². The Morgan fingerprint density at radius 1 is 0.224 bits per heavy atom. The van der Waals surface area contributed by atoms with Gasteiger partial charge in [-0.3, -0.25) is 121 Å². The number of nitrogens with zero attached hydrogens (tertiary/aromatic N) is 12. The number of benzene rings is 4. The Hall–Kier alpha value is -7.86. The Morgan fingerprint density at radius 3 is 0.373 bits per heavy atom. The van der Waals surface area contributed by atoms with Crippen molar-refractivity contribution in [2.75, 3.05) is 0 Å². The van der Waals surface area contributed by atoms with Crippen LogP contribution in [0.15, 0.2) is 48.5 Å². The average Bonchev–Trinajstić information content (AvgIpc) is 3.17. The van der Waals surface area contributed by atoms with Crippen LogP contribution in [0.5, 0.6) is 23.0 Å². The summed E-state index contributed by atoms with van der Waals surface area (Å²) in [5.41, 5.74) is -13.1. The maximum absolute atomic E-state index is 11.1. The fourth-order valence-corrected chi connectivity index (χ4v) is 3.84. The van der Waals surface area contributed by atoms with E-state index in [0.717, 1.165) is 0 Å². The minimum atomic E-state index is -1.46. The molecule has 0 bridgehead atoms. The monoisotopic (exact) mass is 998 g/mol. The standard InChI is InChI=1S/4C6H3N3O7.Ca.2Na/c4*10-6-4(8(13)14)1-3(7(11)12)2-5(6)9(15)16;;;/h4*1-2,10H;;;/q;;;;+2;2*+1/p-4. The molecule has 0 N–H and O–H groups in total. The molecule has 0 aromatic heterocycles. The van der Waals surface area contributed by atoms with Crippen LogP contribution in [0.1, 0.15) is 0 Å². The third-order valence-corrected chi connectivity index (χ3v) is 6.55. The Morgan fingerprint density at radius 2 is 0.313 bits per heavy atom. The third-order valence-electron chi connectivity index (χ3n) is 6.55. The van der Waals surface area contributed by atoms with Crippen molar-refractivity contribution < 1.29 is 139 Å². The van der Waals surface area contributed by atoms with Gasteiger partial charge in [0.1, 0.15) is 0 Å². The van der Waals surface area contributed by atoms with Gasteiger partial charge in [-0.25, -0.2) is 0 Å². The van der Waals surface area contributed by atoms with E-state index in [1.165, 1.54) is 0 Å². The van der Waals surface area contributed by atoms with Crippen molar-refractivity contribution in [3.8, 4) is 23.0 Å². The van der Waals surface area contributed by atoms with Crippen LogP contribution >= 0.6 is 0 Å². The van der Waals surface area contributed by atoms with Gasteiger partial charge in [0, 0.05) is 0 Å². The summed E-state index contributed by atoms with van der Waals surface area (Å²) < 4.78 is 0. The molecule has 0 aliphatic carbocycles. The first-order valence-electron chi connectivity index (χ1n) is 14.5. The molecule has 0 saturated carbocycles. The van der Waals surface area contributed by atoms with Crippen LogP contribution in [0, 0.1) is 121 Å². The van der Waals surface area contributed by atoms with Gasteiger partial charge in [-0.1, -0.05) is 0 Å². The minimum Gasteiger partial charge on any atom is -0.863 e. The summed E-state index contributed by atoms with van der Waals surface area (Å²) >= 11 is 0. The predicted molar refractivity (Wildman–Crippen MR) is 189 cm³/mol. The van der Waals surface area contributed by atoms with E-state index in [0.29, 0.717) is 48.5 Å². The number of non-ortho nitro benzene ring substituents is 4. The maximum Gasteiger partial charge on any atom is 2.00 e. The number of nitro benzene ring substituents is 12. The zero-order valence-electron chi connectivity index (χ0n) is 32.1. The molecule has 0 saturated heterocycles. The average molecular weight is 998 g/mol. The molecule has 67 heavy (non-hydrogen) atoms. The van der Waals surface area contributed by atoms with Crippen LogP contribution in [0.2, 0.25) is 0 Å². The number of hydrogen-bond donors (Lipinski definition) is 0. The Labute approximate surface area is 434 Å². The molecule has 43 heteroatoms. The molecule has 336 valence electrons. The SMILES string of the molecule is O=[N+]([O-])c1cc([N+](=O)[O-])c([O-])c([N+](=O)[O-])c1.O=[N+]([O-])c1cc([N+](=O)[O-])c([O-])c([N+](=O)[O-])c1.O=[N+]([O-])c1cc([N+](=O)[O-])c([O-])c([N+](=O)[O-])c1.O=[N+]([O-])c1cc([N+](=O)[O-])c([O-])c([N+](=O)[O-])c1.[Ca+2].[Na+].[Na+]. The first-order valence-corrected chi connectivity index (χ1v) is 14.5. The molecule has 0 fully saturated rings. The smallest absolute Gasteiger partial charge is 0.863 e. The van der Waals surface area contributed by atoms with Crippen LogP contribution in [-0.2, 0) is 0 Å². The van der Waals surface area contributed by atoms with Crippen molar-refractivity contribution in [1.82, 2.24) is 0 Å². The van der Waals surface area contributed by atoms with Gasteiger partial charge < -0.3 is 20.4 Å². The van der Waals surface area contributed by atoms with Crippen molar-refractivity contribution in [2.24, 2.45) is 0 Å². The first kappa shape index (κ1) is 63.4. The molecule has 0 heterocycles. The van der Waals surface area contributed by atoms with Gasteiger partial charge >= 0.3 is 96.9 Å². The van der Waals surface area contributed by atoms with E-state index in [-0.39, 0.29) is 96.9 Å². The van der Waals surface area contributed by atoms with Gasteiger partial charge in [-0.05, 0) is 0 Å². The van der Waals surface area contributed by atoms with Gasteiger partial charge in [0.05, 0.1) is 131 Å². The second-order valence-corrected chi connectivity index (χ2v) is 10.3. The predicted octanol–water partition coefficient (Wildman–Crippen LogP) is -4.43. The zero-order valence-corrected chi connectivity index (χ0v) is 38.3. The van der Waals surface area contributed by atoms with Crippen molar-refractivity contribution in [1.29, 1.82) is 0 Å². The van der Waals surface area contributed by atoms with Crippen molar-refractivity contribution in [3.63, 3.8) is 0 Å². The largest absolute Gasteiger partial charge is 2.00 e. The summed E-state index contributed by atoms with van der Waals surface area (Å²) in [5.74, 6) is -5.83. The molecule has 0 atom stereocenters. The Bertz CT molecular complexity index is 2230. The van der Waals surface area contributed by atoms with Gasteiger partial charge in [0.25, 0.3) is 68.2 Å². The molecular formula is C24H8CaN12Na2O28. The van der Waals surface area contributed by atoms with Crippen LogP contribution < -0.4 is 79.5 Å². The van der Waals surface area contributed by atoms with Crippen molar-refractivity contribution in [2.45, 2.75) is 0 Å². The quantitative estimate of drug-likeness (QED) is 0.0734. The Balaban J connectivity index is -0.000000803. The first-order chi connectivity index (χ1) is 29.4. The van der Waals surface area contributed by atoms with Crippen LogP contribution in [0.3, 0.4) is 0 Å². The molecule has 0 unspecified atom stereocenters. The van der Waals surface area contributed by atoms with E-state index in [1.807, 2.05) is 0 Å². The second kappa shape index (κ2) is 26.8. The zero-order chi connectivity index (χ0) is 49.8. The van der Waals surface area contributed by atoms with Crippen LogP contribution in [-0.4, -0.2) is 96.8 Å². The minimum absolute atomic E-state index is 0. The van der Waals surface area contributed by atoms with E-state index in [4.69, 9.17) is 0 Å². The van der Waals surface area contributed by atoms with Crippen LogP contribution in [0.4, 0.5) is 68.2 Å². The number of rotatable bonds is 12. The van der Waals surface area contributed by atoms with Gasteiger partial charge in [-0.15, -0.1) is 0 Å². The number of hydrogen-bond acceptors (Lipinski definition) is 28. The molecule has 0 aliphatic heterocycles. The summed E-state index contributed by atoms with van der Waals surface area (Å²) in [4.78, 5) is 110. The second-order valence-electron chi connectivity index (χ2n) is 10.3. The molecule has 4 aromatic rings. The molecule has 4 aromatic carbocycles. The summed E-state index contributed by atoms with van der Waals surface area (Å²) in [6.45, 7) is 0. The Kier molecular flexibility index (Phi) is 25.4. The van der Waals surface area contributed by atoms with E-state index in [1.54, 1.807) is 0 Å². The van der Waals surface area contributed by atoms with E-state index in [2.05, 4.69) is 0 Å². The van der Waals surface area contributed by atoms with Gasteiger partial charge in [-0.2, -0.15) is 0 Å². The maximum atomic E-state index is 11.1. The summed E-state index contributed by atoms with van der Waals surface area (Å²) in [6, 6.07) is 3.07. The summed E-state index contributed by atoms with van der Waals surface area (Å²) in [7, 11) is 0. The molecule has 0 radical (unpaired) electrons. The molecule has 4 rings (SSSR count). The van der Waals surface area contributed by atoms with E-state index >= 15 is 0 Å². The molecular weight excluding hydrogens is 990 g/mol. The van der Waals surface area contributed by atoms with E-state index in [9.17, 15) is 142 Å². The molecule has 40 nitrogen and oxygen atoms in total. The fraction of sp³-hybridized carbons (Fsp3) is 0. The van der Waals surface area contributed by atoms with Gasteiger partial charge in [0.15, 0.2) is 0 Å². The fourth-order valence-electron chi connectivity index (χ4n) is 3.84. The van der Waals surface area contributed by atoms with E-state index < -0.39 is 150 Å². The third kappa shape index (κ3) is 16.9. The number of nitro groups is 12. The normalized spacial score (nSPS) is 9.31. The molecule has 0 amide bonds. The van der Waals surface area contributed by atoms with Crippen LogP contribution in [0.25, 0.3) is 0 Å². The summed E-state index contributed by atoms with van der Waals surface area (Å²) in [6.07, 6.45) is 0. The van der Waals surface area contributed by atoms with Gasteiger partial charge in [0.2, 0.25) is 0 Å². The molecule has 0 spiro atoms. The van der Waals surface area contributed by atoms with Crippen molar-refractivity contribution >= 4 is 106 Å². The topological polar surface area (TPSA) is 610 Å². The summed E-state index contributed by atoms with van der Waals surface area (Å²) in [5, 5.41) is 168.